The van der Waals surface area contributed by atoms with E-state index in [-0.39, 0.29) is 25.7 Å². The number of carbonyl (C=O) groups excluding carboxylic acids is 2. The van der Waals surface area contributed by atoms with Crippen molar-refractivity contribution in [2.45, 2.75) is 206 Å². The lowest BCUT2D eigenvalue weighted by Crippen LogP contribution is -2.27. The largest absolute Gasteiger partial charge is 0.472 e. The Balaban J connectivity index is 3.46. The lowest BCUT2D eigenvalue weighted by Gasteiger charge is -2.15. The molecular formula is C38H76NO8P. The number of rotatable bonds is 38. The van der Waals surface area contributed by atoms with Crippen LogP contribution in [0.5, 0.6) is 0 Å². The van der Waals surface area contributed by atoms with Crippen molar-refractivity contribution < 1.29 is 37.9 Å². The van der Waals surface area contributed by atoms with Gasteiger partial charge in [-0.15, -0.1) is 0 Å². The van der Waals surface area contributed by atoms with Crippen LogP contribution in [0.2, 0.25) is 0 Å². The fraction of sp³-hybridized carbons (Fsp3) is 0.947. The first-order chi connectivity index (χ1) is 23.3. The molecule has 0 heterocycles. The van der Waals surface area contributed by atoms with Crippen molar-refractivity contribution in [1.82, 2.24) is 5.32 Å². The third kappa shape index (κ3) is 36.3. The standard InChI is InChI=1S/C38H76NO8P/c1-3-5-7-9-10-11-12-13-14-15-16-17-18-19-20-21-22-23-24-25-26-27-29-31-38(42)45-34-36(40)35-47-48(43,44)46-33-32-39-37(41)30-28-8-6-4-2/h36,40H,3-35H2,1-2H3,(H,39,41)(H,43,44). The number of carbonyl (C=O) groups is 2. The summed E-state index contributed by atoms with van der Waals surface area (Å²) in [6.07, 6.45) is 33.9. The van der Waals surface area contributed by atoms with Gasteiger partial charge in [-0.3, -0.25) is 18.6 Å². The molecule has 0 rings (SSSR count). The minimum absolute atomic E-state index is 0.0836. The molecule has 0 aromatic carbocycles. The summed E-state index contributed by atoms with van der Waals surface area (Å²) in [5.74, 6) is -0.525. The van der Waals surface area contributed by atoms with Crippen molar-refractivity contribution in [2.24, 2.45) is 0 Å². The van der Waals surface area contributed by atoms with E-state index in [1.807, 2.05) is 0 Å². The summed E-state index contributed by atoms with van der Waals surface area (Å²) in [4.78, 5) is 33.4. The van der Waals surface area contributed by atoms with Crippen LogP contribution >= 0.6 is 7.82 Å². The summed E-state index contributed by atoms with van der Waals surface area (Å²) in [5.41, 5.74) is 0. The van der Waals surface area contributed by atoms with Gasteiger partial charge in [0.05, 0.1) is 13.2 Å². The number of nitrogens with one attached hydrogen (secondary N) is 1. The van der Waals surface area contributed by atoms with Gasteiger partial charge in [-0.1, -0.05) is 174 Å². The molecule has 3 N–H and O–H groups in total. The highest BCUT2D eigenvalue weighted by atomic mass is 31.2. The van der Waals surface area contributed by atoms with E-state index in [0.29, 0.717) is 12.8 Å². The van der Waals surface area contributed by atoms with Gasteiger partial charge < -0.3 is 20.1 Å². The second-order valence-electron chi connectivity index (χ2n) is 13.6. The maximum Gasteiger partial charge on any atom is 0.472 e. The first kappa shape index (κ1) is 47.0. The molecule has 0 aliphatic carbocycles. The number of aliphatic hydroxyl groups is 1. The van der Waals surface area contributed by atoms with Crippen molar-refractivity contribution in [3.05, 3.63) is 0 Å². The molecule has 0 spiro atoms. The molecule has 0 aromatic rings. The van der Waals surface area contributed by atoms with Crippen LogP contribution in [0, 0.1) is 0 Å². The summed E-state index contributed by atoms with van der Waals surface area (Å²) < 4.78 is 26.6. The van der Waals surface area contributed by atoms with Crippen LogP contribution in [0.4, 0.5) is 0 Å². The zero-order valence-corrected chi connectivity index (χ0v) is 32.1. The highest BCUT2D eigenvalue weighted by molar-refractivity contribution is 7.47. The van der Waals surface area contributed by atoms with Crippen molar-refractivity contribution in [2.75, 3.05) is 26.4 Å². The van der Waals surface area contributed by atoms with Crippen LogP contribution in [0.25, 0.3) is 0 Å². The molecule has 0 aromatic heterocycles. The van der Waals surface area contributed by atoms with Gasteiger partial charge in [0.2, 0.25) is 5.91 Å². The lowest BCUT2D eigenvalue weighted by molar-refractivity contribution is -0.147. The van der Waals surface area contributed by atoms with Gasteiger partial charge in [0.25, 0.3) is 0 Å². The third-order valence-corrected chi connectivity index (χ3v) is 9.77. The average molecular weight is 706 g/mol. The van der Waals surface area contributed by atoms with Crippen LogP contribution in [-0.2, 0) is 27.9 Å². The van der Waals surface area contributed by atoms with E-state index in [1.165, 1.54) is 128 Å². The average Bonchev–Trinajstić information content (AvgIpc) is 3.07. The van der Waals surface area contributed by atoms with Gasteiger partial charge in [0.1, 0.15) is 12.7 Å². The monoisotopic (exact) mass is 706 g/mol. The fourth-order valence-electron chi connectivity index (χ4n) is 5.73. The van der Waals surface area contributed by atoms with E-state index < -0.39 is 26.5 Å². The molecule has 286 valence electrons. The Kier molecular flexibility index (Phi) is 35.1. The lowest BCUT2D eigenvalue weighted by atomic mass is 10.0. The molecule has 0 radical (unpaired) electrons. The molecule has 0 saturated carbocycles. The van der Waals surface area contributed by atoms with E-state index in [9.17, 15) is 24.2 Å². The Labute approximate surface area is 295 Å². The molecular weight excluding hydrogens is 629 g/mol. The van der Waals surface area contributed by atoms with Crippen LogP contribution in [0.15, 0.2) is 0 Å². The van der Waals surface area contributed by atoms with Gasteiger partial charge in [-0.05, 0) is 12.8 Å². The van der Waals surface area contributed by atoms with Crippen LogP contribution in [-0.4, -0.2) is 54.3 Å². The Morgan fingerprint density at radius 1 is 0.562 bits per heavy atom. The van der Waals surface area contributed by atoms with Crippen molar-refractivity contribution >= 4 is 19.7 Å². The molecule has 48 heavy (non-hydrogen) atoms. The topological polar surface area (TPSA) is 131 Å². The van der Waals surface area contributed by atoms with Crippen molar-refractivity contribution in [3.63, 3.8) is 0 Å². The number of aliphatic hydroxyl groups excluding tert-OH is 1. The van der Waals surface area contributed by atoms with Crippen LogP contribution in [0.1, 0.15) is 200 Å². The summed E-state index contributed by atoms with van der Waals surface area (Å²) in [7, 11) is -4.39. The summed E-state index contributed by atoms with van der Waals surface area (Å²) in [5, 5.41) is 12.6. The number of phosphoric acid groups is 1. The number of amides is 1. The molecule has 0 fully saturated rings. The summed E-state index contributed by atoms with van der Waals surface area (Å²) in [6, 6.07) is 0. The van der Waals surface area contributed by atoms with E-state index >= 15 is 0 Å². The second kappa shape index (κ2) is 35.8. The Hall–Kier alpha value is -0.990. The van der Waals surface area contributed by atoms with E-state index in [2.05, 4.69) is 19.2 Å². The van der Waals surface area contributed by atoms with Crippen LogP contribution in [0.3, 0.4) is 0 Å². The molecule has 0 saturated heterocycles. The number of phosphoric ester groups is 1. The maximum absolute atomic E-state index is 12.0. The summed E-state index contributed by atoms with van der Waals surface area (Å²) in [6.45, 7) is 3.45. The Morgan fingerprint density at radius 2 is 0.938 bits per heavy atom. The number of hydrogen-bond donors (Lipinski definition) is 3. The smallest absolute Gasteiger partial charge is 0.463 e. The third-order valence-electron chi connectivity index (χ3n) is 8.79. The molecule has 10 heteroatoms. The number of esters is 1. The zero-order chi connectivity index (χ0) is 35.4. The molecule has 0 aliphatic heterocycles. The first-order valence-electron chi connectivity index (χ1n) is 20.0. The second-order valence-corrected chi connectivity index (χ2v) is 15.1. The van der Waals surface area contributed by atoms with Gasteiger partial charge in [-0.25, -0.2) is 4.57 Å². The quantitative estimate of drug-likeness (QED) is 0.0329. The van der Waals surface area contributed by atoms with Gasteiger partial charge >= 0.3 is 13.8 Å². The molecule has 0 bridgehead atoms. The predicted octanol–water partition coefficient (Wildman–Crippen LogP) is 10.5. The first-order valence-corrected chi connectivity index (χ1v) is 21.5. The maximum atomic E-state index is 12.0. The predicted molar refractivity (Wildman–Crippen MR) is 197 cm³/mol. The molecule has 0 aliphatic rings. The zero-order valence-electron chi connectivity index (χ0n) is 31.2. The van der Waals surface area contributed by atoms with Crippen molar-refractivity contribution in [3.8, 4) is 0 Å². The molecule has 2 atom stereocenters. The normalized spacial score (nSPS) is 13.3. The number of ether oxygens (including phenoxy) is 1. The molecule has 2 unspecified atom stereocenters. The summed E-state index contributed by atoms with van der Waals surface area (Å²) >= 11 is 0. The Morgan fingerprint density at radius 3 is 1.38 bits per heavy atom. The van der Waals surface area contributed by atoms with Crippen molar-refractivity contribution in [1.29, 1.82) is 0 Å². The van der Waals surface area contributed by atoms with Crippen LogP contribution < -0.4 is 5.32 Å². The minimum atomic E-state index is -4.39. The van der Waals surface area contributed by atoms with E-state index in [1.54, 1.807) is 0 Å². The van der Waals surface area contributed by atoms with Gasteiger partial charge in [-0.2, -0.15) is 0 Å². The van der Waals surface area contributed by atoms with Gasteiger partial charge in [0.15, 0.2) is 0 Å². The van der Waals surface area contributed by atoms with E-state index in [4.69, 9.17) is 13.8 Å². The van der Waals surface area contributed by atoms with Gasteiger partial charge in [0, 0.05) is 19.4 Å². The molecule has 1 amide bonds. The minimum Gasteiger partial charge on any atom is -0.463 e. The highest BCUT2D eigenvalue weighted by Crippen LogP contribution is 2.42. The number of unbranched alkanes of at least 4 members (excludes halogenated alkanes) is 25. The SMILES string of the molecule is CCCCCCCCCCCCCCCCCCCCCCCCCC(=O)OCC(O)COP(=O)(O)OCCNC(=O)CCCCCC. The fourth-order valence-corrected chi connectivity index (χ4v) is 6.49. The Bertz CT molecular complexity index is 769. The van der Waals surface area contributed by atoms with E-state index in [0.717, 1.165) is 44.9 Å². The molecule has 9 nitrogen and oxygen atoms in total. The number of hydrogen-bond acceptors (Lipinski definition) is 7. The highest BCUT2D eigenvalue weighted by Gasteiger charge is 2.23.